The van der Waals surface area contributed by atoms with E-state index >= 15 is 0 Å². The Balaban J connectivity index is 1.39. The Morgan fingerprint density at radius 3 is 2.80 bits per heavy atom. The summed E-state index contributed by atoms with van der Waals surface area (Å²) >= 11 is 0. The number of nitrogens with one attached hydrogen (secondary N) is 1. The number of amides is 1. The van der Waals surface area contributed by atoms with Gasteiger partial charge in [0.25, 0.3) is 5.91 Å². The van der Waals surface area contributed by atoms with Crippen molar-refractivity contribution >= 4 is 16.9 Å². The smallest absolute Gasteiger partial charge is 0.258 e. The molecule has 0 spiro atoms. The second kappa shape index (κ2) is 7.51. The highest BCUT2D eigenvalue weighted by Crippen LogP contribution is 2.36. The summed E-state index contributed by atoms with van der Waals surface area (Å²) in [6.07, 6.45) is 0. The fourth-order valence-electron chi connectivity index (χ4n) is 3.57. The number of nitrogens with zero attached hydrogens (tertiary/aromatic N) is 3. The van der Waals surface area contributed by atoms with Crippen molar-refractivity contribution in [2.24, 2.45) is 7.05 Å². The van der Waals surface area contributed by atoms with E-state index in [1.165, 1.54) is 0 Å². The van der Waals surface area contributed by atoms with Crippen molar-refractivity contribution in [1.29, 1.82) is 0 Å². The molecule has 0 bridgehead atoms. The first-order chi connectivity index (χ1) is 14.2. The molecule has 1 amide bonds. The number of fused-ring (bicyclic) bond motifs is 2. The molecule has 0 atom stereocenters. The van der Waals surface area contributed by atoms with Crippen LogP contribution in [-0.4, -0.2) is 40.6 Å². The van der Waals surface area contributed by atoms with Crippen LogP contribution in [0.25, 0.3) is 11.0 Å². The van der Waals surface area contributed by atoms with Crippen LogP contribution in [0.5, 0.6) is 17.4 Å². The summed E-state index contributed by atoms with van der Waals surface area (Å²) in [6.45, 7) is 8.64. The molecule has 1 N–H and O–H groups in total. The maximum absolute atomic E-state index is 12.4. The summed E-state index contributed by atoms with van der Waals surface area (Å²) < 4.78 is 18.2. The van der Waals surface area contributed by atoms with Crippen molar-refractivity contribution in [3.63, 3.8) is 0 Å². The molecule has 1 aliphatic heterocycles. The van der Waals surface area contributed by atoms with Crippen molar-refractivity contribution in [3.8, 4) is 17.4 Å². The van der Waals surface area contributed by atoms with Crippen LogP contribution in [0, 0.1) is 13.8 Å². The van der Waals surface area contributed by atoms with Crippen LogP contribution in [0.15, 0.2) is 24.3 Å². The highest BCUT2D eigenvalue weighted by molar-refractivity contribution is 5.85. The lowest BCUT2D eigenvalue weighted by atomic mass is 9.84. The molecule has 0 unspecified atom stereocenters. The summed E-state index contributed by atoms with van der Waals surface area (Å²) in [5.41, 5.74) is 3.45. The summed E-state index contributed by atoms with van der Waals surface area (Å²) in [4.78, 5) is 16.9. The summed E-state index contributed by atoms with van der Waals surface area (Å²) in [5, 5.41) is 8.16. The minimum atomic E-state index is -0.285. The third kappa shape index (κ3) is 3.77. The second-order valence-electron chi connectivity index (χ2n) is 8.23. The van der Waals surface area contributed by atoms with Gasteiger partial charge in [-0.15, -0.1) is 5.10 Å². The fourth-order valence-corrected chi connectivity index (χ4v) is 3.57. The number of benzene rings is 1. The third-order valence-electron chi connectivity index (χ3n) is 5.31. The molecule has 8 heteroatoms. The van der Waals surface area contributed by atoms with Crippen molar-refractivity contribution in [3.05, 3.63) is 41.1 Å². The molecule has 8 nitrogen and oxygen atoms in total. The standard InChI is InChI=1S/C22H26N4O4/c1-13-8-14(2)24-20-19(13)21(25-26(20)5)28-10-18(27)23-11-22(3,4)15-6-7-16-17(9-15)30-12-29-16/h6-9H,10-12H2,1-5H3,(H,23,27). The van der Waals surface area contributed by atoms with Crippen LogP contribution >= 0.6 is 0 Å². The maximum Gasteiger partial charge on any atom is 0.258 e. The number of aryl methyl sites for hydroxylation is 3. The SMILES string of the molecule is Cc1cc(C)c2c(OCC(=O)NCC(C)(C)c3ccc4c(c3)OCO4)nn(C)c2n1. The lowest BCUT2D eigenvalue weighted by Gasteiger charge is -2.26. The van der Waals surface area contributed by atoms with Gasteiger partial charge in [0.1, 0.15) is 0 Å². The molecule has 2 aromatic heterocycles. The molecule has 0 fully saturated rings. The minimum absolute atomic E-state index is 0.114. The molecule has 1 aliphatic rings. The first-order valence-corrected chi connectivity index (χ1v) is 9.85. The second-order valence-corrected chi connectivity index (χ2v) is 8.23. The Labute approximate surface area is 175 Å². The summed E-state index contributed by atoms with van der Waals surface area (Å²) in [6, 6.07) is 7.83. The van der Waals surface area contributed by atoms with E-state index in [-0.39, 0.29) is 24.7 Å². The molecule has 3 aromatic rings. The molecule has 30 heavy (non-hydrogen) atoms. The highest BCUT2D eigenvalue weighted by atomic mass is 16.7. The van der Waals surface area contributed by atoms with Crippen LogP contribution < -0.4 is 19.5 Å². The van der Waals surface area contributed by atoms with Crippen LogP contribution in [0.3, 0.4) is 0 Å². The van der Waals surface area contributed by atoms with Crippen LogP contribution in [0.2, 0.25) is 0 Å². The van der Waals surface area contributed by atoms with Gasteiger partial charge in [-0.3, -0.25) is 4.79 Å². The van der Waals surface area contributed by atoms with E-state index in [1.54, 1.807) is 4.68 Å². The average molecular weight is 410 g/mol. The zero-order chi connectivity index (χ0) is 21.5. The monoisotopic (exact) mass is 410 g/mol. The van der Waals surface area contributed by atoms with Gasteiger partial charge in [0.2, 0.25) is 12.7 Å². The van der Waals surface area contributed by atoms with Gasteiger partial charge in [0.05, 0.1) is 5.39 Å². The molecule has 4 rings (SSSR count). The number of aromatic nitrogens is 3. The van der Waals surface area contributed by atoms with Gasteiger partial charge in [-0.25, -0.2) is 9.67 Å². The summed E-state index contributed by atoms with van der Waals surface area (Å²) in [7, 11) is 1.81. The van der Waals surface area contributed by atoms with Crippen LogP contribution in [0.4, 0.5) is 0 Å². The first-order valence-electron chi connectivity index (χ1n) is 9.85. The number of hydrogen-bond acceptors (Lipinski definition) is 6. The Morgan fingerprint density at radius 1 is 1.23 bits per heavy atom. The van der Waals surface area contributed by atoms with E-state index in [2.05, 4.69) is 29.2 Å². The molecule has 0 aliphatic carbocycles. The predicted molar refractivity (Wildman–Crippen MR) is 112 cm³/mol. The predicted octanol–water partition coefficient (Wildman–Crippen LogP) is 2.79. The average Bonchev–Trinajstić information content (AvgIpc) is 3.29. The molecule has 0 saturated carbocycles. The molecule has 3 heterocycles. The molecular formula is C22H26N4O4. The van der Waals surface area contributed by atoms with Crippen molar-refractivity contribution in [1.82, 2.24) is 20.1 Å². The number of carbonyl (C=O) groups excluding carboxylic acids is 1. The van der Waals surface area contributed by atoms with Gasteiger partial charge in [-0.2, -0.15) is 0 Å². The van der Waals surface area contributed by atoms with Crippen molar-refractivity contribution in [2.45, 2.75) is 33.1 Å². The quantitative estimate of drug-likeness (QED) is 0.672. The van der Waals surface area contributed by atoms with Gasteiger partial charge in [0, 0.05) is 24.7 Å². The van der Waals surface area contributed by atoms with Gasteiger partial charge < -0.3 is 19.5 Å². The number of ether oxygens (including phenoxy) is 3. The molecule has 158 valence electrons. The topological polar surface area (TPSA) is 87.5 Å². The molecule has 0 radical (unpaired) electrons. The maximum atomic E-state index is 12.4. The Morgan fingerprint density at radius 2 is 2.00 bits per heavy atom. The highest BCUT2D eigenvalue weighted by Gasteiger charge is 2.25. The largest absolute Gasteiger partial charge is 0.466 e. The van der Waals surface area contributed by atoms with E-state index in [9.17, 15) is 4.79 Å². The van der Waals surface area contributed by atoms with E-state index < -0.39 is 0 Å². The van der Waals surface area contributed by atoms with Crippen LogP contribution in [0.1, 0.15) is 30.7 Å². The third-order valence-corrected chi connectivity index (χ3v) is 5.31. The van der Waals surface area contributed by atoms with Crippen molar-refractivity contribution < 1.29 is 19.0 Å². The first kappa shape index (κ1) is 20.0. The van der Waals surface area contributed by atoms with E-state index in [0.717, 1.165) is 39.4 Å². The fraction of sp³-hybridized carbons (Fsp3) is 0.409. The summed E-state index contributed by atoms with van der Waals surface area (Å²) in [5.74, 6) is 1.69. The minimum Gasteiger partial charge on any atom is -0.466 e. The zero-order valence-electron chi connectivity index (χ0n) is 17.9. The lowest BCUT2D eigenvalue weighted by Crippen LogP contribution is -2.39. The molecule has 0 saturated heterocycles. The Hall–Kier alpha value is -3.29. The van der Waals surface area contributed by atoms with Gasteiger partial charge in [-0.05, 0) is 43.2 Å². The van der Waals surface area contributed by atoms with E-state index in [4.69, 9.17) is 14.2 Å². The van der Waals surface area contributed by atoms with Gasteiger partial charge in [-0.1, -0.05) is 19.9 Å². The number of hydrogen-bond donors (Lipinski definition) is 1. The number of pyridine rings is 1. The Bertz CT molecular complexity index is 1120. The van der Waals surface area contributed by atoms with Gasteiger partial charge >= 0.3 is 0 Å². The lowest BCUT2D eigenvalue weighted by molar-refractivity contribution is -0.123. The zero-order valence-corrected chi connectivity index (χ0v) is 17.9. The van der Waals surface area contributed by atoms with E-state index in [0.29, 0.717) is 12.4 Å². The number of carbonyl (C=O) groups is 1. The Kier molecular flexibility index (Phi) is 5.01. The normalized spacial score (nSPS) is 13.0. The molecule has 1 aromatic carbocycles. The molecular weight excluding hydrogens is 384 g/mol. The van der Waals surface area contributed by atoms with Gasteiger partial charge in [0.15, 0.2) is 23.8 Å². The van der Waals surface area contributed by atoms with Crippen LogP contribution in [-0.2, 0) is 17.3 Å². The van der Waals surface area contributed by atoms with Crippen molar-refractivity contribution in [2.75, 3.05) is 19.9 Å². The number of rotatable bonds is 6. The van der Waals surface area contributed by atoms with E-state index in [1.807, 2.05) is 45.2 Å².